The lowest BCUT2D eigenvalue weighted by Gasteiger charge is -2.19. The molecule has 0 radical (unpaired) electrons. The van der Waals surface area contributed by atoms with E-state index in [1.807, 2.05) is 0 Å². The average Bonchev–Trinajstić information content (AvgIpc) is 2.78. The van der Waals surface area contributed by atoms with E-state index in [1.165, 1.54) is 66.8 Å². The highest BCUT2D eigenvalue weighted by molar-refractivity contribution is 5.48. The molecular formula is C40H64. The smallest absolute Gasteiger partial charge is 0.00203 e. The first-order valence-electron chi connectivity index (χ1n) is 11.8. The van der Waals surface area contributed by atoms with Gasteiger partial charge >= 0.3 is 0 Å². The van der Waals surface area contributed by atoms with Crippen LogP contribution in [0.25, 0.3) is 0 Å². The summed E-state index contributed by atoms with van der Waals surface area (Å²) < 4.78 is 0. The van der Waals surface area contributed by atoms with Crippen LogP contribution in [-0.4, -0.2) is 0 Å². The summed E-state index contributed by atoms with van der Waals surface area (Å²) in [5, 5.41) is 0. The molecule has 40 heavy (non-hydrogen) atoms. The van der Waals surface area contributed by atoms with Crippen molar-refractivity contribution in [3.8, 4) is 0 Å². The minimum Gasteiger partial charge on any atom is -0.0776 e. The van der Waals surface area contributed by atoms with Crippen molar-refractivity contribution in [3.63, 3.8) is 0 Å². The summed E-state index contributed by atoms with van der Waals surface area (Å²) in [5.41, 5.74) is 17.3. The van der Waals surface area contributed by atoms with Crippen LogP contribution in [0.3, 0.4) is 0 Å². The van der Waals surface area contributed by atoms with Crippen molar-refractivity contribution >= 4 is 0 Å². The second kappa shape index (κ2) is 18.3. The van der Waals surface area contributed by atoms with Crippen molar-refractivity contribution in [3.05, 3.63) is 140 Å². The number of fused-ring (bicyclic) bond motifs is 8. The molecule has 0 aliphatic heterocycles. The van der Waals surface area contributed by atoms with Gasteiger partial charge in [0.1, 0.15) is 0 Å². The third kappa shape index (κ3) is 8.44. The van der Waals surface area contributed by atoms with E-state index in [1.54, 1.807) is 0 Å². The normalized spacial score (nSPS) is 10.5. The Kier molecular flexibility index (Phi) is 20.1. The summed E-state index contributed by atoms with van der Waals surface area (Å²) in [4.78, 5) is 0. The van der Waals surface area contributed by atoms with Crippen LogP contribution in [0.4, 0.5) is 0 Å². The van der Waals surface area contributed by atoms with Crippen LogP contribution in [0.1, 0.15) is 126 Å². The van der Waals surface area contributed by atoms with Gasteiger partial charge in [0.25, 0.3) is 0 Å². The molecule has 0 amide bonds. The highest BCUT2D eigenvalue weighted by Gasteiger charge is 2.14. The topological polar surface area (TPSA) is 0 Å². The molecule has 0 unspecified atom stereocenters. The Hall–Kier alpha value is -3.12. The van der Waals surface area contributed by atoms with Gasteiger partial charge in [-0.3, -0.25) is 0 Å². The van der Waals surface area contributed by atoms with Crippen LogP contribution in [0, 0.1) is 27.7 Å². The second-order valence-electron chi connectivity index (χ2n) is 9.51. The third-order valence-electron chi connectivity index (χ3n) is 7.76. The molecule has 0 atom stereocenters. The van der Waals surface area contributed by atoms with Gasteiger partial charge in [-0.25, -0.2) is 0 Å². The number of rotatable bonds is 0. The van der Waals surface area contributed by atoms with Crippen molar-refractivity contribution in [1.29, 1.82) is 0 Å². The molecule has 0 nitrogen and oxygen atoms in total. The van der Waals surface area contributed by atoms with E-state index in [4.69, 9.17) is 0 Å². The molecule has 224 valence electrons. The average molecular weight is 545 g/mol. The van der Waals surface area contributed by atoms with Crippen LogP contribution >= 0.6 is 0 Å². The summed E-state index contributed by atoms with van der Waals surface area (Å²) in [6.07, 6.45) is 3.99. The van der Waals surface area contributed by atoms with Gasteiger partial charge in [0, 0.05) is 0 Å². The molecule has 4 aromatic rings. The zero-order valence-corrected chi connectivity index (χ0v) is 19.8. The van der Waals surface area contributed by atoms with Crippen molar-refractivity contribution < 1.29 is 0 Å². The molecular weight excluding hydrogens is 480 g/mol. The molecule has 0 aromatic heterocycles. The van der Waals surface area contributed by atoms with Crippen LogP contribution in [0.15, 0.2) is 72.8 Å². The Morgan fingerprint density at radius 2 is 0.400 bits per heavy atom. The van der Waals surface area contributed by atoms with Gasteiger partial charge in [0.2, 0.25) is 0 Å². The molecule has 0 N–H and O–H groups in total. The first-order chi connectivity index (χ1) is 15.5. The quantitative estimate of drug-likeness (QED) is 0.182. The predicted octanol–water partition coefficient (Wildman–Crippen LogP) is 12.7. The standard InChI is InChI=1S/C32H32.8CH4/c1-21-25-9-5-10-26(21)18-28-12-7-14-30(23(28)3)20-32-16-8-15-31(24(32)4)19-29-13-6-11-27(17-25)22(29)2;;;;;;;;/h5-16H,17-20H2,1-4H3;8*1H4. The molecule has 0 fully saturated rings. The van der Waals surface area contributed by atoms with Gasteiger partial charge in [-0.1, -0.05) is 132 Å². The van der Waals surface area contributed by atoms with Crippen molar-refractivity contribution in [2.75, 3.05) is 0 Å². The SMILES string of the molecule is C.C.C.C.C.C.C.C.Cc1c2cccc1Cc1cccc(c1C)Cc1cccc(c1C)Cc1cccc(c1C)C2. The van der Waals surface area contributed by atoms with Gasteiger partial charge in [0.05, 0.1) is 0 Å². The molecule has 4 aromatic carbocycles. The van der Waals surface area contributed by atoms with Crippen LogP contribution < -0.4 is 0 Å². The largest absolute Gasteiger partial charge is 0.0776 e. The van der Waals surface area contributed by atoms with Gasteiger partial charge in [-0.2, -0.15) is 0 Å². The maximum absolute atomic E-state index is 2.31. The van der Waals surface area contributed by atoms with E-state index in [9.17, 15) is 0 Å². The van der Waals surface area contributed by atoms with E-state index < -0.39 is 0 Å². The highest BCUT2D eigenvalue weighted by atomic mass is 14.2. The molecule has 5 rings (SSSR count). The molecule has 1 aliphatic rings. The highest BCUT2D eigenvalue weighted by Crippen LogP contribution is 2.28. The monoisotopic (exact) mass is 545 g/mol. The Morgan fingerprint density at radius 1 is 0.275 bits per heavy atom. The molecule has 0 saturated carbocycles. The molecule has 0 heterocycles. The lowest BCUT2D eigenvalue weighted by molar-refractivity contribution is 1.02. The first-order valence-corrected chi connectivity index (χ1v) is 11.8. The molecule has 0 heteroatoms. The molecule has 0 spiro atoms. The number of benzene rings is 4. The van der Waals surface area contributed by atoms with Crippen LogP contribution in [0.5, 0.6) is 0 Å². The fourth-order valence-electron chi connectivity index (χ4n) is 5.30. The summed E-state index contributed by atoms with van der Waals surface area (Å²) in [6, 6.07) is 27.5. The minimum absolute atomic E-state index is 0. The fourth-order valence-corrected chi connectivity index (χ4v) is 5.30. The van der Waals surface area contributed by atoms with Crippen molar-refractivity contribution in [2.45, 2.75) is 113 Å². The van der Waals surface area contributed by atoms with Gasteiger partial charge in [-0.15, -0.1) is 0 Å². The molecule has 8 bridgehead atoms. The predicted molar refractivity (Wildman–Crippen MR) is 190 cm³/mol. The zero-order chi connectivity index (χ0) is 22.2. The Labute approximate surface area is 251 Å². The summed E-state index contributed by atoms with van der Waals surface area (Å²) >= 11 is 0. The first kappa shape index (κ1) is 43.9. The van der Waals surface area contributed by atoms with Gasteiger partial charge < -0.3 is 0 Å². The third-order valence-corrected chi connectivity index (χ3v) is 7.76. The Morgan fingerprint density at radius 3 is 0.525 bits per heavy atom. The summed E-state index contributed by atoms with van der Waals surface area (Å²) in [5.74, 6) is 0. The van der Waals surface area contributed by atoms with Crippen molar-refractivity contribution in [2.24, 2.45) is 0 Å². The van der Waals surface area contributed by atoms with E-state index in [0.29, 0.717) is 0 Å². The van der Waals surface area contributed by atoms with E-state index in [2.05, 4.69) is 100 Å². The Balaban J connectivity index is -0.000000810. The lowest BCUT2D eigenvalue weighted by atomic mass is 9.86. The van der Waals surface area contributed by atoms with E-state index in [0.717, 1.165) is 25.7 Å². The van der Waals surface area contributed by atoms with Crippen LogP contribution in [0.2, 0.25) is 0 Å². The Bertz CT molecular complexity index is 1020. The van der Waals surface area contributed by atoms with Crippen molar-refractivity contribution in [1.82, 2.24) is 0 Å². The number of hydrogen-bond acceptors (Lipinski definition) is 0. The lowest BCUT2D eigenvalue weighted by Crippen LogP contribution is -2.05. The number of hydrogen-bond donors (Lipinski definition) is 0. The summed E-state index contributed by atoms with van der Waals surface area (Å²) in [7, 11) is 0. The maximum atomic E-state index is 2.31. The van der Waals surface area contributed by atoms with Gasteiger partial charge in [0.15, 0.2) is 0 Å². The molecule has 1 aliphatic carbocycles. The summed E-state index contributed by atoms with van der Waals surface area (Å²) in [6.45, 7) is 9.22. The maximum Gasteiger partial charge on any atom is -0.00203 e. The van der Waals surface area contributed by atoms with Crippen LogP contribution in [-0.2, 0) is 25.7 Å². The second-order valence-corrected chi connectivity index (χ2v) is 9.51. The van der Waals surface area contributed by atoms with Gasteiger partial charge in [-0.05, 0) is 120 Å². The minimum atomic E-state index is 0. The zero-order valence-electron chi connectivity index (χ0n) is 19.8. The van der Waals surface area contributed by atoms with E-state index >= 15 is 0 Å². The molecule has 0 saturated heterocycles. The van der Waals surface area contributed by atoms with E-state index in [-0.39, 0.29) is 59.4 Å². The fraction of sp³-hybridized carbons (Fsp3) is 0.400.